The van der Waals surface area contributed by atoms with Crippen molar-refractivity contribution in [2.75, 3.05) is 6.61 Å². The van der Waals surface area contributed by atoms with Gasteiger partial charge in [0.1, 0.15) is 17.4 Å². The van der Waals surface area contributed by atoms with Crippen LogP contribution in [0.4, 0.5) is 0 Å². The summed E-state index contributed by atoms with van der Waals surface area (Å²) in [6.07, 6.45) is 0. The van der Waals surface area contributed by atoms with Crippen molar-refractivity contribution in [3.05, 3.63) is 56.4 Å². The van der Waals surface area contributed by atoms with Crippen LogP contribution in [-0.2, 0) is 0 Å². The molecule has 0 aliphatic rings. The first-order chi connectivity index (χ1) is 12.2. The smallest absolute Gasteiger partial charge is 0.271 e. The van der Waals surface area contributed by atoms with Gasteiger partial charge in [0.25, 0.3) is 5.56 Å². The number of Topliss-reactive ketones (excluding diaryl/α,β-unsaturated/α-hetero) is 1. The minimum absolute atomic E-state index is 0.0545. The Labute approximate surface area is 152 Å². The predicted molar refractivity (Wildman–Crippen MR) is 97.9 cm³/mol. The summed E-state index contributed by atoms with van der Waals surface area (Å²) in [5.41, 5.74) is 1.15. The molecule has 0 unspecified atom stereocenters. The molecule has 136 valence electrons. The summed E-state index contributed by atoms with van der Waals surface area (Å²) in [5.74, 6) is -0.319. The zero-order valence-electron chi connectivity index (χ0n) is 15.6. The molecule has 0 spiro atoms. The molecule has 0 amide bonds. The molecule has 26 heavy (non-hydrogen) atoms. The van der Waals surface area contributed by atoms with Gasteiger partial charge in [-0.25, -0.2) is 0 Å². The molecule has 1 N–H and O–H groups in total. The number of pyridine rings is 1. The van der Waals surface area contributed by atoms with E-state index in [2.05, 4.69) is 0 Å². The number of nitriles is 1. The van der Waals surface area contributed by atoms with Gasteiger partial charge in [-0.3, -0.25) is 14.2 Å². The van der Waals surface area contributed by atoms with Crippen LogP contribution < -0.4 is 10.3 Å². The summed E-state index contributed by atoms with van der Waals surface area (Å²) >= 11 is 0. The van der Waals surface area contributed by atoms with E-state index in [1.165, 1.54) is 6.92 Å². The standard InChI is InChI=1S/C20H22N2O4/c1-11(2)22-19(24)15(9-21)14(5)17(20(22)25)16(23)10-26-18-12(3)7-6-8-13(18)4/h6-8,11,25H,10H2,1-5H3. The SMILES string of the molecule is Cc1cccc(C)c1OCC(=O)c1c(C)c(C#N)c(=O)n(C(C)C)c1O. The molecule has 0 bridgehead atoms. The number of hydrogen-bond donors (Lipinski definition) is 1. The fourth-order valence-electron chi connectivity index (χ4n) is 2.97. The Kier molecular flexibility index (Phi) is 5.51. The molecule has 1 aromatic carbocycles. The number of aromatic nitrogens is 1. The largest absolute Gasteiger partial charge is 0.494 e. The van der Waals surface area contributed by atoms with Gasteiger partial charge >= 0.3 is 0 Å². The van der Waals surface area contributed by atoms with E-state index in [4.69, 9.17) is 4.74 Å². The average Bonchev–Trinajstić information content (AvgIpc) is 2.54. The van der Waals surface area contributed by atoms with Crippen molar-refractivity contribution < 1.29 is 14.6 Å². The zero-order valence-corrected chi connectivity index (χ0v) is 15.6. The number of para-hydroxylation sites is 1. The van der Waals surface area contributed by atoms with Crippen molar-refractivity contribution in [3.8, 4) is 17.7 Å². The molecule has 2 rings (SSSR count). The summed E-state index contributed by atoms with van der Waals surface area (Å²) in [4.78, 5) is 25.1. The summed E-state index contributed by atoms with van der Waals surface area (Å²) in [6, 6.07) is 7.08. The van der Waals surface area contributed by atoms with Crippen LogP contribution in [0.1, 0.15) is 52.5 Å². The molecule has 0 saturated carbocycles. The second-order valence-electron chi connectivity index (χ2n) is 6.51. The van der Waals surface area contributed by atoms with Crippen LogP contribution in [0.3, 0.4) is 0 Å². The second kappa shape index (κ2) is 7.44. The number of carbonyl (C=O) groups is 1. The Balaban J connectivity index is 2.48. The molecule has 1 heterocycles. The number of hydrogen-bond acceptors (Lipinski definition) is 5. The first-order valence-corrected chi connectivity index (χ1v) is 8.31. The van der Waals surface area contributed by atoms with Crippen LogP contribution in [0.25, 0.3) is 0 Å². The van der Waals surface area contributed by atoms with E-state index in [0.717, 1.165) is 15.7 Å². The molecule has 0 aliphatic carbocycles. The molecule has 2 aromatic rings. The monoisotopic (exact) mass is 354 g/mol. The van der Waals surface area contributed by atoms with Gasteiger partial charge in [-0.2, -0.15) is 5.26 Å². The van der Waals surface area contributed by atoms with Gasteiger partial charge in [-0.15, -0.1) is 0 Å². The number of rotatable bonds is 5. The molecular formula is C20H22N2O4. The van der Waals surface area contributed by atoms with Crippen LogP contribution >= 0.6 is 0 Å². The fourth-order valence-corrected chi connectivity index (χ4v) is 2.97. The number of ether oxygens (including phenoxy) is 1. The zero-order chi connectivity index (χ0) is 19.6. The summed E-state index contributed by atoms with van der Waals surface area (Å²) < 4.78 is 6.72. The van der Waals surface area contributed by atoms with Crippen molar-refractivity contribution in [1.29, 1.82) is 5.26 Å². The highest BCUT2D eigenvalue weighted by molar-refractivity contribution is 6.01. The third kappa shape index (κ3) is 3.33. The van der Waals surface area contributed by atoms with E-state index in [9.17, 15) is 20.0 Å². The van der Waals surface area contributed by atoms with E-state index in [-0.39, 0.29) is 23.3 Å². The molecule has 1 aromatic heterocycles. The van der Waals surface area contributed by atoms with E-state index in [1.54, 1.807) is 13.8 Å². The summed E-state index contributed by atoms with van der Waals surface area (Å²) in [6.45, 7) is 8.32. The Bertz CT molecular complexity index is 945. The lowest BCUT2D eigenvalue weighted by molar-refractivity contribution is 0.0915. The molecule has 0 radical (unpaired) electrons. The van der Waals surface area contributed by atoms with Crippen LogP contribution in [0, 0.1) is 32.1 Å². The number of benzene rings is 1. The molecule has 6 heteroatoms. The molecular weight excluding hydrogens is 332 g/mol. The van der Waals surface area contributed by atoms with E-state index in [0.29, 0.717) is 5.75 Å². The van der Waals surface area contributed by atoms with Gasteiger partial charge < -0.3 is 9.84 Å². The number of aromatic hydroxyl groups is 1. The molecule has 0 saturated heterocycles. The molecule has 0 fully saturated rings. The van der Waals surface area contributed by atoms with Crippen LogP contribution in [0.2, 0.25) is 0 Å². The number of nitrogens with zero attached hydrogens (tertiary/aromatic N) is 2. The van der Waals surface area contributed by atoms with Gasteiger partial charge in [-0.05, 0) is 51.3 Å². The summed E-state index contributed by atoms with van der Waals surface area (Å²) in [5, 5.41) is 19.8. The molecule has 0 aliphatic heterocycles. The maximum absolute atomic E-state index is 12.7. The van der Waals surface area contributed by atoms with Crippen LogP contribution in [0.15, 0.2) is 23.0 Å². The Morgan fingerprint density at radius 3 is 2.35 bits per heavy atom. The maximum Gasteiger partial charge on any atom is 0.271 e. The number of carbonyl (C=O) groups excluding carboxylic acids is 1. The summed E-state index contributed by atoms with van der Waals surface area (Å²) in [7, 11) is 0. The molecule has 0 atom stereocenters. The Hall–Kier alpha value is -3.07. The lowest BCUT2D eigenvalue weighted by Crippen LogP contribution is -2.28. The highest BCUT2D eigenvalue weighted by Gasteiger charge is 2.25. The third-order valence-corrected chi connectivity index (χ3v) is 4.30. The van der Waals surface area contributed by atoms with E-state index < -0.39 is 23.3 Å². The van der Waals surface area contributed by atoms with Gasteiger partial charge in [-0.1, -0.05) is 18.2 Å². The van der Waals surface area contributed by atoms with Gasteiger partial charge in [0.05, 0.1) is 5.56 Å². The van der Waals surface area contributed by atoms with Crippen molar-refractivity contribution in [1.82, 2.24) is 4.57 Å². The third-order valence-electron chi connectivity index (χ3n) is 4.30. The quantitative estimate of drug-likeness (QED) is 0.833. The van der Waals surface area contributed by atoms with Crippen molar-refractivity contribution in [2.24, 2.45) is 0 Å². The van der Waals surface area contributed by atoms with E-state index >= 15 is 0 Å². The van der Waals surface area contributed by atoms with Gasteiger partial charge in [0.15, 0.2) is 6.61 Å². The predicted octanol–water partition coefficient (Wildman–Crippen LogP) is 3.19. The van der Waals surface area contributed by atoms with Crippen molar-refractivity contribution in [3.63, 3.8) is 0 Å². The van der Waals surface area contributed by atoms with Crippen LogP contribution in [-0.4, -0.2) is 22.1 Å². The topological polar surface area (TPSA) is 92.3 Å². The highest BCUT2D eigenvalue weighted by atomic mass is 16.5. The minimum Gasteiger partial charge on any atom is -0.494 e. The number of aryl methyl sites for hydroxylation is 2. The Morgan fingerprint density at radius 2 is 1.85 bits per heavy atom. The first-order valence-electron chi connectivity index (χ1n) is 8.31. The minimum atomic E-state index is -0.607. The fraction of sp³-hybridized carbons (Fsp3) is 0.350. The molecule has 6 nitrogen and oxygen atoms in total. The second-order valence-corrected chi connectivity index (χ2v) is 6.51. The van der Waals surface area contributed by atoms with Gasteiger partial charge in [0, 0.05) is 6.04 Å². The van der Waals surface area contributed by atoms with Gasteiger partial charge in [0.2, 0.25) is 11.7 Å². The lowest BCUT2D eigenvalue weighted by atomic mass is 10.0. The lowest BCUT2D eigenvalue weighted by Gasteiger charge is -2.18. The normalized spacial score (nSPS) is 10.7. The number of ketones is 1. The Morgan fingerprint density at radius 1 is 1.27 bits per heavy atom. The highest BCUT2D eigenvalue weighted by Crippen LogP contribution is 2.26. The van der Waals surface area contributed by atoms with E-state index in [1.807, 2.05) is 38.1 Å². The van der Waals surface area contributed by atoms with Crippen LogP contribution in [0.5, 0.6) is 11.6 Å². The van der Waals surface area contributed by atoms with Crippen molar-refractivity contribution >= 4 is 5.78 Å². The first kappa shape index (κ1) is 19.3. The maximum atomic E-state index is 12.7. The van der Waals surface area contributed by atoms with Crippen molar-refractivity contribution in [2.45, 2.75) is 40.7 Å². The average molecular weight is 354 g/mol.